The Morgan fingerprint density at radius 3 is 2.71 bits per heavy atom. The lowest BCUT2D eigenvalue weighted by molar-refractivity contribution is -0.182. The van der Waals surface area contributed by atoms with E-state index in [0.717, 1.165) is 11.1 Å². The van der Waals surface area contributed by atoms with E-state index in [2.05, 4.69) is 28.3 Å². The largest absolute Gasteiger partial charge is 0.497 e. The van der Waals surface area contributed by atoms with Crippen molar-refractivity contribution in [2.45, 2.75) is 12.2 Å². The molecule has 0 aliphatic carbocycles. The van der Waals surface area contributed by atoms with Crippen molar-refractivity contribution in [3.05, 3.63) is 42.0 Å². The van der Waals surface area contributed by atoms with Gasteiger partial charge in [-0.1, -0.05) is 24.3 Å². The third kappa shape index (κ3) is 3.60. The van der Waals surface area contributed by atoms with Gasteiger partial charge in [-0.2, -0.15) is 0 Å². The second-order valence-electron chi connectivity index (χ2n) is 5.60. The molecule has 1 amide bonds. The van der Waals surface area contributed by atoms with Gasteiger partial charge in [-0.3, -0.25) is 0 Å². The first-order valence-electron chi connectivity index (χ1n) is 7.83. The van der Waals surface area contributed by atoms with Crippen molar-refractivity contribution in [1.82, 2.24) is 5.32 Å². The van der Waals surface area contributed by atoms with Crippen molar-refractivity contribution in [2.75, 3.05) is 34.0 Å². The molecule has 2 aromatic rings. The fraction of sp³-hybridized carbons (Fsp3) is 0.389. The molecule has 1 fully saturated rings. The summed E-state index contributed by atoms with van der Waals surface area (Å²) in [7, 11) is 2.99. The molecule has 0 aromatic heterocycles. The van der Waals surface area contributed by atoms with Gasteiger partial charge in [0.15, 0.2) is 6.29 Å². The fourth-order valence-electron chi connectivity index (χ4n) is 2.85. The predicted octanol–water partition coefficient (Wildman–Crippen LogP) is 2.66. The first kappa shape index (κ1) is 16.5. The molecule has 1 saturated heterocycles. The normalized spacial score (nSPS) is 20.6. The zero-order valence-corrected chi connectivity index (χ0v) is 13.8. The van der Waals surface area contributed by atoms with Crippen molar-refractivity contribution in [2.24, 2.45) is 0 Å². The third-order valence-corrected chi connectivity index (χ3v) is 4.13. The van der Waals surface area contributed by atoms with Crippen molar-refractivity contribution < 1.29 is 23.7 Å². The van der Waals surface area contributed by atoms with Gasteiger partial charge in [0, 0.05) is 5.92 Å². The number of benzene rings is 2. The van der Waals surface area contributed by atoms with Crippen LogP contribution in [0.25, 0.3) is 10.8 Å². The minimum absolute atomic E-state index is 0.150. The van der Waals surface area contributed by atoms with Gasteiger partial charge in [0.1, 0.15) is 5.75 Å². The van der Waals surface area contributed by atoms with Gasteiger partial charge in [0.05, 0.1) is 34.0 Å². The van der Waals surface area contributed by atoms with Gasteiger partial charge in [0.2, 0.25) is 0 Å². The van der Waals surface area contributed by atoms with E-state index < -0.39 is 12.4 Å². The Hall–Kier alpha value is -2.31. The topological polar surface area (TPSA) is 66.0 Å². The third-order valence-electron chi connectivity index (χ3n) is 4.13. The number of hydrogen-bond acceptors (Lipinski definition) is 5. The van der Waals surface area contributed by atoms with Crippen molar-refractivity contribution >= 4 is 16.9 Å². The predicted molar refractivity (Wildman–Crippen MR) is 89.3 cm³/mol. The maximum atomic E-state index is 11.1. The maximum Gasteiger partial charge on any atom is 0.407 e. The number of ether oxygens (including phenoxy) is 4. The molecule has 0 atom stereocenters. The molecule has 0 saturated carbocycles. The first-order valence-corrected chi connectivity index (χ1v) is 7.83. The summed E-state index contributed by atoms with van der Waals surface area (Å²) in [5.41, 5.74) is 1.19. The lowest BCUT2D eigenvalue weighted by Gasteiger charge is -2.30. The van der Waals surface area contributed by atoms with Crippen LogP contribution in [0.15, 0.2) is 36.4 Å². The van der Waals surface area contributed by atoms with E-state index in [9.17, 15) is 4.79 Å². The van der Waals surface area contributed by atoms with Gasteiger partial charge >= 0.3 is 6.09 Å². The van der Waals surface area contributed by atoms with Crippen LogP contribution >= 0.6 is 0 Å². The molecule has 1 aliphatic heterocycles. The lowest BCUT2D eigenvalue weighted by atomic mass is 9.94. The van der Waals surface area contributed by atoms with E-state index in [1.54, 1.807) is 7.11 Å². The Balaban J connectivity index is 1.68. The zero-order valence-electron chi connectivity index (χ0n) is 13.8. The fourth-order valence-corrected chi connectivity index (χ4v) is 2.85. The van der Waals surface area contributed by atoms with Gasteiger partial charge in [0.25, 0.3) is 0 Å². The minimum atomic E-state index is -0.493. The van der Waals surface area contributed by atoms with Crippen LogP contribution in [-0.4, -0.2) is 46.4 Å². The molecule has 1 N–H and O–H groups in total. The number of carbonyl (C=O) groups excluding carboxylic acids is 1. The second kappa shape index (κ2) is 7.51. The Bertz CT molecular complexity index is 710. The van der Waals surface area contributed by atoms with Gasteiger partial charge in [-0.05, 0) is 28.5 Å². The van der Waals surface area contributed by atoms with Crippen molar-refractivity contribution in [3.63, 3.8) is 0 Å². The summed E-state index contributed by atoms with van der Waals surface area (Å²) in [5, 5.41) is 4.87. The molecule has 0 bridgehead atoms. The molecule has 1 aliphatic rings. The molecule has 6 nitrogen and oxygen atoms in total. The van der Waals surface area contributed by atoms with E-state index in [1.165, 1.54) is 18.1 Å². The number of carbonyl (C=O) groups is 1. The van der Waals surface area contributed by atoms with Crippen LogP contribution in [-0.2, 0) is 14.2 Å². The Kier molecular flexibility index (Phi) is 5.17. The average molecular weight is 331 g/mol. The molecule has 3 rings (SSSR count). The second-order valence-corrected chi connectivity index (χ2v) is 5.60. The number of amides is 1. The zero-order chi connectivity index (χ0) is 16.9. The number of methoxy groups -OCH3 is 2. The number of fused-ring (bicyclic) bond motifs is 1. The van der Waals surface area contributed by atoms with Crippen LogP contribution in [0.1, 0.15) is 11.5 Å². The van der Waals surface area contributed by atoms with Crippen LogP contribution in [0.2, 0.25) is 0 Å². The number of nitrogens with one attached hydrogen (secondary N) is 1. The highest BCUT2D eigenvalue weighted by Gasteiger charge is 2.25. The van der Waals surface area contributed by atoms with Crippen LogP contribution in [0.5, 0.6) is 5.75 Å². The summed E-state index contributed by atoms with van der Waals surface area (Å²) < 4.78 is 21.2. The number of hydrogen-bond donors (Lipinski definition) is 1. The Morgan fingerprint density at radius 1 is 1.21 bits per heavy atom. The molecule has 0 spiro atoms. The Morgan fingerprint density at radius 2 is 2.00 bits per heavy atom. The van der Waals surface area contributed by atoms with Crippen LogP contribution in [0.4, 0.5) is 4.79 Å². The van der Waals surface area contributed by atoms with Gasteiger partial charge in [-0.15, -0.1) is 0 Å². The summed E-state index contributed by atoms with van der Waals surface area (Å²) in [6.07, 6.45) is -0.942. The van der Waals surface area contributed by atoms with Crippen molar-refractivity contribution in [1.29, 1.82) is 0 Å². The molecule has 6 heteroatoms. The molecular formula is C18H21NO5. The highest BCUT2D eigenvalue weighted by atomic mass is 16.7. The summed E-state index contributed by atoms with van der Waals surface area (Å²) in [6, 6.07) is 12.2. The molecule has 0 radical (unpaired) electrons. The highest BCUT2D eigenvalue weighted by Crippen LogP contribution is 2.31. The van der Waals surface area contributed by atoms with E-state index in [-0.39, 0.29) is 12.5 Å². The van der Waals surface area contributed by atoms with E-state index in [1.807, 2.05) is 18.2 Å². The van der Waals surface area contributed by atoms with E-state index in [4.69, 9.17) is 14.2 Å². The molecule has 128 valence electrons. The molecular weight excluding hydrogens is 310 g/mol. The summed E-state index contributed by atoms with van der Waals surface area (Å²) >= 11 is 0. The first-order chi connectivity index (χ1) is 11.7. The minimum Gasteiger partial charge on any atom is -0.497 e. The monoisotopic (exact) mass is 331 g/mol. The van der Waals surface area contributed by atoms with Crippen LogP contribution in [0.3, 0.4) is 0 Å². The van der Waals surface area contributed by atoms with Gasteiger partial charge in [-0.25, -0.2) is 4.79 Å². The summed E-state index contributed by atoms with van der Waals surface area (Å²) in [4.78, 5) is 11.1. The summed E-state index contributed by atoms with van der Waals surface area (Å²) in [6.45, 7) is 1.35. The molecule has 1 heterocycles. The van der Waals surface area contributed by atoms with E-state index >= 15 is 0 Å². The van der Waals surface area contributed by atoms with Gasteiger partial charge < -0.3 is 24.3 Å². The SMILES string of the molecule is COC(=O)NCC1OCC(c2cccc3cc(OC)ccc23)CO1. The average Bonchev–Trinajstić information content (AvgIpc) is 2.65. The smallest absolute Gasteiger partial charge is 0.407 e. The highest BCUT2D eigenvalue weighted by molar-refractivity contribution is 5.87. The quantitative estimate of drug-likeness (QED) is 0.933. The number of alkyl carbamates (subject to hydrolysis) is 1. The van der Waals surface area contributed by atoms with Crippen molar-refractivity contribution in [3.8, 4) is 5.75 Å². The lowest BCUT2D eigenvalue weighted by Crippen LogP contribution is -2.40. The standard InChI is InChI=1S/C18H21NO5/c1-21-14-6-7-16-12(8-14)4-3-5-15(16)13-10-23-17(24-11-13)9-19-18(20)22-2/h3-8,13,17H,9-11H2,1-2H3,(H,19,20). The molecule has 24 heavy (non-hydrogen) atoms. The Labute approximate surface area is 140 Å². The van der Waals surface area contributed by atoms with Crippen LogP contribution < -0.4 is 10.1 Å². The van der Waals surface area contributed by atoms with Crippen LogP contribution in [0, 0.1) is 0 Å². The summed E-state index contributed by atoms with van der Waals surface area (Å²) in [5.74, 6) is 0.987. The molecule has 0 unspecified atom stereocenters. The van der Waals surface area contributed by atoms with E-state index in [0.29, 0.717) is 13.2 Å². The maximum absolute atomic E-state index is 11.1. The number of rotatable bonds is 4. The molecule has 2 aromatic carbocycles.